The number of carbonyl (C=O) groups is 1. The first kappa shape index (κ1) is 27.7. The number of morpholine rings is 1. The maximum absolute atomic E-state index is 14.7. The highest BCUT2D eigenvalue weighted by molar-refractivity contribution is 7.92. The zero-order valence-corrected chi connectivity index (χ0v) is 21.8. The monoisotopic (exact) mass is 555 g/mol. The average Bonchev–Trinajstić information content (AvgIpc) is 2.93. The molecule has 0 bridgehead atoms. The summed E-state index contributed by atoms with van der Waals surface area (Å²) in [5, 5.41) is 15.2. The molecule has 0 atom stereocenters. The van der Waals surface area contributed by atoms with Gasteiger partial charge in [-0.1, -0.05) is 29.8 Å². The molecule has 1 N–H and O–H groups in total. The molecule has 0 unspecified atom stereocenters. The fourth-order valence-corrected chi connectivity index (χ4v) is 5.41. The number of nitro groups is 1. The molecule has 0 aliphatic carbocycles. The summed E-state index contributed by atoms with van der Waals surface area (Å²) in [7, 11) is -4.31. The van der Waals surface area contributed by atoms with E-state index < -0.39 is 33.2 Å². The normalized spacial score (nSPS) is 13.8. The molecule has 4 rings (SSSR count). The van der Waals surface area contributed by atoms with Crippen molar-refractivity contribution in [2.45, 2.75) is 11.8 Å². The highest BCUT2D eigenvalue weighted by atomic mass is 32.2. The van der Waals surface area contributed by atoms with Gasteiger partial charge in [0.1, 0.15) is 12.4 Å². The smallest absolute Gasteiger partial charge is 0.270 e. The summed E-state index contributed by atoms with van der Waals surface area (Å²) in [5.41, 5.74) is 3.67. The molecule has 1 heterocycles. The van der Waals surface area contributed by atoms with Crippen molar-refractivity contribution >= 4 is 39.2 Å². The SMILES string of the molecule is Cc1ccc(S(=O)(=O)N(CC(=O)N/N=C\c2cc([N+](=O)[O-])ccc2N2CCOCC2)c2ccccc2F)cc1. The zero-order valence-electron chi connectivity index (χ0n) is 21.0. The third-order valence-electron chi connectivity index (χ3n) is 5.98. The summed E-state index contributed by atoms with van der Waals surface area (Å²) in [6.07, 6.45) is 1.25. The Kier molecular flexibility index (Phi) is 8.52. The second kappa shape index (κ2) is 12.0. The summed E-state index contributed by atoms with van der Waals surface area (Å²) in [5.74, 6) is -1.67. The number of amides is 1. The molecule has 0 saturated carbocycles. The predicted molar refractivity (Wildman–Crippen MR) is 144 cm³/mol. The topological polar surface area (TPSA) is 134 Å². The number of para-hydroxylation sites is 1. The van der Waals surface area contributed by atoms with Gasteiger partial charge in [0.2, 0.25) is 0 Å². The minimum Gasteiger partial charge on any atom is -0.378 e. The number of benzene rings is 3. The fourth-order valence-electron chi connectivity index (χ4n) is 3.98. The van der Waals surface area contributed by atoms with Gasteiger partial charge in [-0.15, -0.1) is 0 Å². The van der Waals surface area contributed by atoms with Gasteiger partial charge in [-0.25, -0.2) is 18.2 Å². The highest BCUT2D eigenvalue weighted by Crippen LogP contribution is 2.27. The lowest BCUT2D eigenvalue weighted by atomic mass is 10.1. The number of hydrogen-bond donors (Lipinski definition) is 1. The van der Waals surface area contributed by atoms with Crippen LogP contribution in [0.3, 0.4) is 0 Å². The molecule has 39 heavy (non-hydrogen) atoms. The van der Waals surface area contributed by atoms with Crippen LogP contribution in [0.4, 0.5) is 21.5 Å². The van der Waals surface area contributed by atoms with E-state index >= 15 is 0 Å². The van der Waals surface area contributed by atoms with E-state index in [2.05, 4.69) is 10.5 Å². The summed E-state index contributed by atoms with van der Waals surface area (Å²) < 4.78 is 47.5. The molecule has 3 aromatic rings. The predicted octanol–water partition coefficient (Wildman–Crippen LogP) is 3.22. The molecule has 1 amide bonds. The van der Waals surface area contributed by atoms with Gasteiger partial charge in [0.15, 0.2) is 0 Å². The number of aryl methyl sites for hydroxylation is 1. The van der Waals surface area contributed by atoms with Crippen molar-refractivity contribution in [3.63, 3.8) is 0 Å². The molecule has 3 aromatic carbocycles. The van der Waals surface area contributed by atoms with Crippen LogP contribution in [0.1, 0.15) is 11.1 Å². The van der Waals surface area contributed by atoms with Gasteiger partial charge >= 0.3 is 0 Å². The van der Waals surface area contributed by atoms with Gasteiger partial charge in [0.25, 0.3) is 21.6 Å². The second-order valence-electron chi connectivity index (χ2n) is 8.67. The van der Waals surface area contributed by atoms with Crippen molar-refractivity contribution in [1.82, 2.24) is 5.43 Å². The van der Waals surface area contributed by atoms with Crippen LogP contribution in [-0.4, -0.2) is 58.3 Å². The maximum atomic E-state index is 14.7. The summed E-state index contributed by atoms with van der Waals surface area (Å²) in [6.45, 7) is 3.15. The van der Waals surface area contributed by atoms with Gasteiger partial charge in [0.05, 0.1) is 34.9 Å². The Morgan fingerprint density at radius 2 is 1.85 bits per heavy atom. The highest BCUT2D eigenvalue weighted by Gasteiger charge is 2.29. The first-order valence-corrected chi connectivity index (χ1v) is 13.4. The third kappa shape index (κ3) is 6.56. The number of hydrazone groups is 1. The average molecular weight is 556 g/mol. The Bertz CT molecular complexity index is 1490. The first-order chi connectivity index (χ1) is 18.7. The molecule has 13 heteroatoms. The molecule has 1 aliphatic heterocycles. The Hall–Kier alpha value is -4.36. The van der Waals surface area contributed by atoms with Crippen molar-refractivity contribution < 1.29 is 27.3 Å². The van der Waals surface area contributed by atoms with E-state index in [1.807, 2.05) is 4.90 Å². The summed E-state index contributed by atoms with van der Waals surface area (Å²) in [6, 6.07) is 15.5. The van der Waals surface area contributed by atoms with E-state index in [1.54, 1.807) is 25.1 Å². The van der Waals surface area contributed by atoms with Gasteiger partial charge in [-0.3, -0.25) is 19.2 Å². The van der Waals surface area contributed by atoms with E-state index in [9.17, 15) is 27.7 Å². The number of non-ortho nitro benzene ring substituents is 1. The number of rotatable bonds is 9. The second-order valence-corrected chi connectivity index (χ2v) is 10.5. The lowest BCUT2D eigenvalue weighted by Gasteiger charge is -2.29. The van der Waals surface area contributed by atoms with E-state index in [-0.39, 0.29) is 16.3 Å². The lowest BCUT2D eigenvalue weighted by molar-refractivity contribution is -0.384. The minimum absolute atomic E-state index is 0.112. The van der Waals surface area contributed by atoms with Crippen molar-refractivity contribution in [2.75, 3.05) is 42.1 Å². The van der Waals surface area contributed by atoms with Crippen LogP contribution < -0.4 is 14.6 Å². The summed E-state index contributed by atoms with van der Waals surface area (Å²) in [4.78, 5) is 25.5. The third-order valence-corrected chi connectivity index (χ3v) is 7.76. The Balaban J connectivity index is 1.58. The van der Waals surface area contributed by atoms with Gasteiger partial charge in [-0.05, 0) is 37.3 Å². The van der Waals surface area contributed by atoms with Crippen LogP contribution in [0.25, 0.3) is 0 Å². The van der Waals surface area contributed by atoms with Gasteiger partial charge in [-0.2, -0.15) is 5.10 Å². The fraction of sp³-hybridized carbons (Fsp3) is 0.231. The number of sulfonamides is 1. The molecule has 1 aliphatic rings. The molecule has 204 valence electrons. The van der Waals surface area contributed by atoms with Crippen molar-refractivity contribution in [3.05, 3.63) is 93.8 Å². The molecule has 11 nitrogen and oxygen atoms in total. The van der Waals surface area contributed by atoms with Gasteiger partial charge < -0.3 is 9.64 Å². The molecule has 1 fully saturated rings. The Labute approximate surface area is 224 Å². The molecule has 0 aromatic heterocycles. The first-order valence-electron chi connectivity index (χ1n) is 11.9. The number of ether oxygens (including phenoxy) is 1. The number of nitrogens with zero attached hydrogens (tertiary/aromatic N) is 4. The van der Waals surface area contributed by atoms with Crippen LogP contribution in [0, 0.1) is 22.9 Å². The van der Waals surface area contributed by atoms with Gasteiger partial charge in [0, 0.05) is 36.5 Å². The largest absolute Gasteiger partial charge is 0.378 e. The molecular formula is C26H26FN5O6S. The minimum atomic E-state index is -4.31. The van der Waals surface area contributed by atoms with Crippen LogP contribution in [-0.2, 0) is 19.6 Å². The van der Waals surface area contributed by atoms with Crippen molar-refractivity contribution in [3.8, 4) is 0 Å². The van der Waals surface area contributed by atoms with Crippen LogP contribution in [0.5, 0.6) is 0 Å². The quantitative estimate of drug-likeness (QED) is 0.243. The van der Waals surface area contributed by atoms with Crippen molar-refractivity contribution in [2.24, 2.45) is 5.10 Å². The van der Waals surface area contributed by atoms with Crippen LogP contribution >= 0.6 is 0 Å². The standard InChI is InChI=1S/C26H26FN5O6S/c1-19-6-9-22(10-7-19)39(36,37)31(25-5-3-2-4-23(25)27)18-26(33)29-28-17-20-16-21(32(34)35)8-11-24(20)30-12-14-38-15-13-30/h2-11,16-17H,12-15,18H2,1H3,(H,29,33)/b28-17-. The molecule has 0 spiro atoms. The van der Waals surface area contributed by atoms with Crippen molar-refractivity contribution in [1.29, 1.82) is 0 Å². The Morgan fingerprint density at radius 3 is 2.51 bits per heavy atom. The van der Waals surface area contributed by atoms with E-state index in [1.165, 1.54) is 48.7 Å². The summed E-state index contributed by atoms with van der Waals surface area (Å²) >= 11 is 0. The number of anilines is 2. The van der Waals surface area contributed by atoms with E-state index in [0.29, 0.717) is 41.9 Å². The molecule has 0 radical (unpaired) electrons. The maximum Gasteiger partial charge on any atom is 0.270 e. The lowest BCUT2D eigenvalue weighted by Crippen LogP contribution is -2.40. The van der Waals surface area contributed by atoms with E-state index in [4.69, 9.17) is 4.74 Å². The molecule has 1 saturated heterocycles. The Morgan fingerprint density at radius 1 is 1.15 bits per heavy atom. The number of hydrogen-bond acceptors (Lipinski definition) is 8. The van der Waals surface area contributed by atoms with Crippen LogP contribution in [0.15, 0.2) is 76.7 Å². The number of nitrogens with one attached hydrogen (secondary N) is 1. The van der Waals surface area contributed by atoms with E-state index in [0.717, 1.165) is 11.6 Å². The zero-order chi connectivity index (χ0) is 28.0. The molecular weight excluding hydrogens is 529 g/mol. The number of halogens is 1. The van der Waals surface area contributed by atoms with Crippen LogP contribution in [0.2, 0.25) is 0 Å². The number of nitro benzene ring substituents is 1. The number of carbonyl (C=O) groups excluding carboxylic acids is 1.